The molecule has 1 atom stereocenters. The fourth-order valence-electron chi connectivity index (χ4n) is 2.82. The molecule has 21 heavy (non-hydrogen) atoms. The number of aryl methyl sites for hydroxylation is 1. The van der Waals surface area contributed by atoms with Crippen molar-refractivity contribution in [3.8, 4) is 0 Å². The van der Waals surface area contributed by atoms with Crippen LogP contribution in [-0.4, -0.2) is 22.5 Å². The van der Waals surface area contributed by atoms with Gasteiger partial charge in [0.05, 0.1) is 18.2 Å². The molecule has 2 aromatic rings. The fraction of sp³-hybridized carbons (Fsp3) is 0.375. The van der Waals surface area contributed by atoms with E-state index in [1.54, 1.807) is 12.1 Å². The van der Waals surface area contributed by atoms with Crippen LogP contribution >= 0.6 is 0 Å². The Kier molecular flexibility index (Phi) is 3.73. The van der Waals surface area contributed by atoms with Crippen molar-refractivity contribution in [2.45, 2.75) is 32.2 Å². The Morgan fingerprint density at radius 1 is 1.48 bits per heavy atom. The molecule has 0 unspecified atom stereocenters. The van der Waals surface area contributed by atoms with Crippen LogP contribution in [0.2, 0.25) is 0 Å². The van der Waals surface area contributed by atoms with Crippen molar-refractivity contribution >= 4 is 5.91 Å². The lowest BCUT2D eigenvalue weighted by molar-refractivity contribution is -0.131. The van der Waals surface area contributed by atoms with Gasteiger partial charge in [-0.2, -0.15) is 0 Å². The van der Waals surface area contributed by atoms with Crippen LogP contribution in [-0.2, 0) is 11.2 Å². The lowest BCUT2D eigenvalue weighted by Gasteiger charge is -2.22. The van der Waals surface area contributed by atoms with E-state index in [0.717, 1.165) is 24.3 Å². The molecule has 0 bridgehead atoms. The van der Waals surface area contributed by atoms with E-state index in [0.29, 0.717) is 12.1 Å². The summed E-state index contributed by atoms with van der Waals surface area (Å²) in [7, 11) is 0. The molecule has 0 spiro atoms. The predicted molar refractivity (Wildman–Crippen MR) is 75.0 cm³/mol. The third-order valence-electron chi connectivity index (χ3n) is 3.79. The average molecular weight is 288 g/mol. The van der Waals surface area contributed by atoms with Crippen LogP contribution < -0.4 is 0 Å². The first kappa shape index (κ1) is 13.8. The van der Waals surface area contributed by atoms with Crippen molar-refractivity contribution in [2.24, 2.45) is 0 Å². The molecule has 3 rings (SSSR count). The van der Waals surface area contributed by atoms with Gasteiger partial charge in [-0.1, -0.05) is 17.3 Å². The molecular weight excluding hydrogens is 271 g/mol. The molecule has 110 valence electrons. The Bertz CT molecular complexity index is 653. The second-order valence-corrected chi connectivity index (χ2v) is 5.42. The number of aromatic nitrogens is 1. The molecule has 1 amide bonds. The topological polar surface area (TPSA) is 46.3 Å². The number of nitrogens with zero attached hydrogens (tertiary/aromatic N) is 2. The molecule has 4 nitrogen and oxygen atoms in total. The maximum atomic E-state index is 13.2. The van der Waals surface area contributed by atoms with E-state index in [9.17, 15) is 9.18 Å². The molecule has 1 aliphatic heterocycles. The van der Waals surface area contributed by atoms with Crippen LogP contribution in [0.25, 0.3) is 0 Å². The number of hydrogen-bond acceptors (Lipinski definition) is 3. The molecule has 5 heteroatoms. The minimum atomic E-state index is -0.316. The second kappa shape index (κ2) is 5.68. The van der Waals surface area contributed by atoms with E-state index >= 15 is 0 Å². The highest BCUT2D eigenvalue weighted by atomic mass is 19.1. The zero-order valence-electron chi connectivity index (χ0n) is 11.9. The maximum Gasteiger partial charge on any atom is 0.227 e. The monoisotopic (exact) mass is 288 g/mol. The van der Waals surface area contributed by atoms with Gasteiger partial charge in [0.1, 0.15) is 5.82 Å². The average Bonchev–Trinajstić information content (AvgIpc) is 3.06. The van der Waals surface area contributed by atoms with Crippen molar-refractivity contribution in [1.82, 2.24) is 10.1 Å². The molecule has 0 N–H and O–H groups in total. The first-order valence-corrected chi connectivity index (χ1v) is 7.10. The SMILES string of the molecule is Cc1cc([C@H]2CCCN2C(=O)Cc2cccc(F)c2)on1. The summed E-state index contributed by atoms with van der Waals surface area (Å²) in [5.41, 5.74) is 1.51. The molecule has 0 radical (unpaired) electrons. The first-order valence-electron chi connectivity index (χ1n) is 7.10. The van der Waals surface area contributed by atoms with Crippen molar-refractivity contribution in [2.75, 3.05) is 6.54 Å². The van der Waals surface area contributed by atoms with E-state index in [4.69, 9.17) is 4.52 Å². The van der Waals surface area contributed by atoms with Gasteiger partial charge in [-0.05, 0) is 37.5 Å². The highest BCUT2D eigenvalue weighted by Crippen LogP contribution is 2.32. The van der Waals surface area contributed by atoms with Gasteiger partial charge in [0, 0.05) is 12.6 Å². The summed E-state index contributed by atoms with van der Waals surface area (Å²) in [4.78, 5) is 14.3. The van der Waals surface area contributed by atoms with E-state index in [1.165, 1.54) is 12.1 Å². The third kappa shape index (κ3) is 2.96. The summed E-state index contributed by atoms with van der Waals surface area (Å²) < 4.78 is 18.5. The maximum absolute atomic E-state index is 13.2. The van der Waals surface area contributed by atoms with Crippen LogP contribution in [0.15, 0.2) is 34.9 Å². The summed E-state index contributed by atoms with van der Waals surface area (Å²) >= 11 is 0. The Morgan fingerprint density at radius 2 is 2.33 bits per heavy atom. The lowest BCUT2D eigenvalue weighted by Crippen LogP contribution is -2.31. The first-order chi connectivity index (χ1) is 10.1. The highest BCUT2D eigenvalue weighted by Gasteiger charge is 2.32. The number of amides is 1. The second-order valence-electron chi connectivity index (χ2n) is 5.42. The molecule has 1 aromatic carbocycles. The zero-order valence-corrected chi connectivity index (χ0v) is 11.9. The number of benzene rings is 1. The van der Waals surface area contributed by atoms with Crippen LogP contribution in [0.5, 0.6) is 0 Å². The standard InChI is InChI=1S/C16H17FN2O2/c1-11-8-15(21-18-11)14-6-3-7-19(14)16(20)10-12-4-2-5-13(17)9-12/h2,4-5,8-9,14H,3,6-7,10H2,1H3/t14-/m1/s1. The number of rotatable bonds is 3. The Labute approximate surface area is 122 Å². The quantitative estimate of drug-likeness (QED) is 0.872. The third-order valence-corrected chi connectivity index (χ3v) is 3.79. The molecule has 0 saturated carbocycles. The lowest BCUT2D eigenvalue weighted by atomic mass is 10.1. The summed E-state index contributed by atoms with van der Waals surface area (Å²) in [6, 6.07) is 8.00. The summed E-state index contributed by atoms with van der Waals surface area (Å²) in [6.07, 6.45) is 2.03. The Morgan fingerprint density at radius 3 is 3.05 bits per heavy atom. The molecule has 0 aliphatic carbocycles. The molecule has 2 heterocycles. The highest BCUT2D eigenvalue weighted by molar-refractivity contribution is 5.79. The van der Waals surface area contributed by atoms with Gasteiger partial charge in [-0.3, -0.25) is 4.79 Å². The number of likely N-dealkylation sites (tertiary alicyclic amines) is 1. The fourth-order valence-corrected chi connectivity index (χ4v) is 2.82. The van der Waals surface area contributed by atoms with E-state index in [-0.39, 0.29) is 24.2 Å². The van der Waals surface area contributed by atoms with Gasteiger partial charge in [0.2, 0.25) is 5.91 Å². The van der Waals surface area contributed by atoms with E-state index < -0.39 is 0 Å². The Balaban J connectivity index is 1.74. The van der Waals surface area contributed by atoms with Crippen molar-refractivity contribution in [3.05, 3.63) is 53.2 Å². The molecule has 1 aliphatic rings. The van der Waals surface area contributed by atoms with Crippen LogP contribution in [0.3, 0.4) is 0 Å². The minimum Gasteiger partial charge on any atom is -0.359 e. The minimum absolute atomic E-state index is 0.00264. The summed E-state index contributed by atoms with van der Waals surface area (Å²) in [5, 5.41) is 3.89. The van der Waals surface area contributed by atoms with Gasteiger partial charge in [-0.25, -0.2) is 4.39 Å². The number of carbonyl (C=O) groups excluding carboxylic acids is 1. The Hall–Kier alpha value is -2.17. The van der Waals surface area contributed by atoms with Gasteiger partial charge >= 0.3 is 0 Å². The van der Waals surface area contributed by atoms with Crippen LogP contribution in [0.4, 0.5) is 4.39 Å². The van der Waals surface area contributed by atoms with Crippen molar-refractivity contribution < 1.29 is 13.7 Å². The normalized spacial score (nSPS) is 18.2. The summed E-state index contributed by atoms with van der Waals surface area (Å²) in [6.45, 7) is 2.57. The van der Waals surface area contributed by atoms with E-state index in [2.05, 4.69) is 5.16 Å². The van der Waals surface area contributed by atoms with Crippen molar-refractivity contribution in [3.63, 3.8) is 0 Å². The largest absolute Gasteiger partial charge is 0.359 e. The molecule has 1 fully saturated rings. The van der Waals surface area contributed by atoms with Crippen LogP contribution in [0, 0.1) is 12.7 Å². The number of halogens is 1. The van der Waals surface area contributed by atoms with Gasteiger partial charge < -0.3 is 9.42 Å². The van der Waals surface area contributed by atoms with Gasteiger partial charge in [-0.15, -0.1) is 0 Å². The molecule has 1 aromatic heterocycles. The van der Waals surface area contributed by atoms with E-state index in [1.807, 2.05) is 17.9 Å². The van der Waals surface area contributed by atoms with Crippen molar-refractivity contribution in [1.29, 1.82) is 0 Å². The van der Waals surface area contributed by atoms with Crippen LogP contribution in [0.1, 0.15) is 35.9 Å². The van der Waals surface area contributed by atoms with Gasteiger partial charge in [0.15, 0.2) is 5.76 Å². The zero-order chi connectivity index (χ0) is 14.8. The summed E-state index contributed by atoms with van der Waals surface area (Å²) in [5.74, 6) is 0.416. The number of hydrogen-bond donors (Lipinski definition) is 0. The van der Waals surface area contributed by atoms with Gasteiger partial charge in [0.25, 0.3) is 0 Å². The molecular formula is C16H17FN2O2. The predicted octanol–water partition coefficient (Wildman–Crippen LogP) is 3.03. The smallest absolute Gasteiger partial charge is 0.227 e. The molecule has 1 saturated heterocycles. The number of carbonyl (C=O) groups is 1.